The van der Waals surface area contributed by atoms with Gasteiger partial charge in [-0.15, -0.1) is 0 Å². The molecule has 116 valence electrons. The van der Waals surface area contributed by atoms with E-state index in [1.165, 1.54) is 0 Å². The molecular weight excluding hydrogens is 278 g/mol. The van der Waals surface area contributed by atoms with E-state index in [0.29, 0.717) is 12.1 Å². The van der Waals surface area contributed by atoms with Crippen molar-refractivity contribution in [2.24, 2.45) is 0 Å². The lowest BCUT2D eigenvalue weighted by Gasteiger charge is -2.29. The molecule has 4 heteroatoms. The Morgan fingerprint density at radius 2 is 1.68 bits per heavy atom. The zero-order valence-corrected chi connectivity index (χ0v) is 12.6. The van der Waals surface area contributed by atoms with Crippen molar-refractivity contribution in [3.8, 4) is 0 Å². The average molecular weight is 299 g/mol. The zero-order chi connectivity index (χ0) is 16.0. The largest absolute Gasteiger partial charge is 0.480 e. The second-order valence-electron chi connectivity index (χ2n) is 5.26. The van der Waals surface area contributed by atoms with Crippen LogP contribution in [0.1, 0.15) is 23.6 Å². The Hall–Kier alpha value is -2.17. The van der Waals surface area contributed by atoms with Crippen molar-refractivity contribution in [2.45, 2.75) is 25.4 Å². The minimum Gasteiger partial charge on any atom is -0.480 e. The number of carboxylic acid groups (broad SMARTS) is 1. The van der Waals surface area contributed by atoms with Crippen molar-refractivity contribution in [3.05, 3.63) is 71.3 Å². The first-order chi connectivity index (χ1) is 10.6. The first-order valence-electron chi connectivity index (χ1n) is 7.35. The van der Waals surface area contributed by atoms with Gasteiger partial charge in [-0.2, -0.15) is 0 Å². The molecule has 0 spiro atoms. The Kier molecular flexibility index (Phi) is 5.31. The summed E-state index contributed by atoms with van der Waals surface area (Å²) >= 11 is 0. The molecule has 1 atom stereocenters. The molecule has 0 aliphatic rings. The first kappa shape index (κ1) is 16.2. The fourth-order valence-corrected chi connectivity index (χ4v) is 2.39. The molecule has 0 aliphatic carbocycles. The third-order valence-electron chi connectivity index (χ3n) is 3.89. The molecule has 0 fully saturated rings. The molecule has 0 radical (unpaired) electrons. The quantitative estimate of drug-likeness (QED) is 0.734. The number of aliphatic hydroxyl groups is 1. The summed E-state index contributed by atoms with van der Waals surface area (Å²) in [6.07, 6.45) is 0.886. The lowest BCUT2D eigenvalue weighted by atomic mass is 9.89. The summed E-state index contributed by atoms with van der Waals surface area (Å²) in [4.78, 5) is 11.8. The van der Waals surface area contributed by atoms with Gasteiger partial charge in [0.15, 0.2) is 5.54 Å². The highest BCUT2D eigenvalue weighted by atomic mass is 16.4. The third kappa shape index (κ3) is 3.35. The first-order valence-corrected chi connectivity index (χ1v) is 7.35. The topological polar surface area (TPSA) is 69.6 Å². The maximum absolute atomic E-state index is 11.8. The molecule has 0 saturated carbocycles. The van der Waals surface area contributed by atoms with Crippen LogP contribution in [-0.4, -0.2) is 22.8 Å². The van der Waals surface area contributed by atoms with E-state index < -0.39 is 18.1 Å². The van der Waals surface area contributed by atoms with Crippen molar-refractivity contribution >= 4 is 5.97 Å². The number of carboxylic acids is 1. The normalized spacial score (nSPS) is 13.5. The van der Waals surface area contributed by atoms with Crippen LogP contribution in [0.2, 0.25) is 0 Å². The van der Waals surface area contributed by atoms with E-state index in [2.05, 4.69) is 5.32 Å². The Morgan fingerprint density at radius 3 is 2.18 bits per heavy atom. The van der Waals surface area contributed by atoms with E-state index >= 15 is 0 Å². The number of aliphatic carboxylic acids is 1. The number of nitrogens with one attached hydrogen (secondary N) is 1. The van der Waals surface area contributed by atoms with Crippen LogP contribution in [0, 0.1) is 0 Å². The number of aliphatic hydroxyl groups excluding tert-OH is 1. The molecule has 22 heavy (non-hydrogen) atoms. The van der Waals surface area contributed by atoms with Gasteiger partial charge in [-0.25, -0.2) is 4.79 Å². The lowest BCUT2D eigenvalue weighted by Crippen LogP contribution is -2.51. The number of aryl methyl sites for hydroxylation is 1. The van der Waals surface area contributed by atoms with Gasteiger partial charge in [-0.3, -0.25) is 5.32 Å². The van der Waals surface area contributed by atoms with Gasteiger partial charge in [0.05, 0.1) is 6.61 Å². The molecular formula is C18H21NO3. The maximum atomic E-state index is 11.8. The highest BCUT2D eigenvalue weighted by molar-refractivity contribution is 5.81. The number of hydrogen-bond donors (Lipinski definition) is 3. The summed E-state index contributed by atoms with van der Waals surface area (Å²) < 4.78 is 0. The Labute approximate surface area is 130 Å². The minimum absolute atomic E-state index is 0.364. The molecule has 0 bridgehead atoms. The highest BCUT2D eigenvalue weighted by Crippen LogP contribution is 2.23. The van der Waals surface area contributed by atoms with Crippen LogP contribution < -0.4 is 5.32 Å². The predicted molar refractivity (Wildman–Crippen MR) is 85.5 cm³/mol. The van der Waals surface area contributed by atoms with E-state index in [-0.39, 0.29) is 0 Å². The standard InChI is InChI=1S/C18H21NO3/c1-2-14-8-10-16(11-9-14)18(13-20,17(21)22)19-12-15-6-4-3-5-7-15/h3-11,19-20H,2,12-13H2,1H3,(H,21,22). The molecule has 0 aliphatic heterocycles. The van der Waals surface area contributed by atoms with E-state index in [1.54, 1.807) is 12.1 Å². The van der Waals surface area contributed by atoms with Crippen molar-refractivity contribution in [1.82, 2.24) is 5.32 Å². The van der Waals surface area contributed by atoms with Gasteiger partial charge in [-0.1, -0.05) is 61.5 Å². The molecule has 2 aromatic rings. The summed E-state index contributed by atoms with van der Waals surface area (Å²) in [6, 6.07) is 16.8. The Balaban J connectivity index is 2.28. The molecule has 4 nitrogen and oxygen atoms in total. The Morgan fingerprint density at radius 1 is 1.05 bits per heavy atom. The van der Waals surface area contributed by atoms with E-state index in [9.17, 15) is 15.0 Å². The fourth-order valence-electron chi connectivity index (χ4n) is 2.39. The number of rotatable bonds is 7. The van der Waals surface area contributed by atoms with Gasteiger partial charge in [0.25, 0.3) is 0 Å². The van der Waals surface area contributed by atoms with Gasteiger partial charge < -0.3 is 10.2 Å². The van der Waals surface area contributed by atoms with Crippen molar-refractivity contribution in [1.29, 1.82) is 0 Å². The SMILES string of the molecule is CCc1ccc(C(CO)(NCc2ccccc2)C(=O)O)cc1. The number of benzene rings is 2. The number of hydrogen-bond acceptors (Lipinski definition) is 3. The minimum atomic E-state index is -1.50. The summed E-state index contributed by atoms with van der Waals surface area (Å²) in [5.41, 5.74) is 1.15. The molecule has 1 unspecified atom stereocenters. The van der Waals surface area contributed by atoms with Crippen LogP contribution in [-0.2, 0) is 23.3 Å². The lowest BCUT2D eigenvalue weighted by molar-refractivity contribution is -0.147. The number of carbonyl (C=O) groups is 1. The van der Waals surface area contributed by atoms with Crippen LogP contribution in [0.3, 0.4) is 0 Å². The summed E-state index contributed by atoms with van der Waals surface area (Å²) in [6.45, 7) is 1.89. The summed E-state index contributed by atoms with van der Waals surface area (Å²) in [7, 11) is 0. The molecule has 0 saturated heterocycles. The van der Waals surface area contributed by atoms with Gasteiger partial charge in [0.1, 0.15) is 0 Å². The third-order valence-corrected chi connectivity index (χ3v) is 3.89. The smallest absolute Gasteiger partial charge is 0.331 e. The maximum Gasteiger partial charge on any atom is 0.331 e. The summed E-state index contributed by atoms with van der Waals surface area (Å²) in [5.74, 6) is -1.09. The average Bonchev–Trinajstić information content (AvgIpc) is 2.57. The van der Waals surface area contributed by atoms with Crippen molar-refractivity contribution in [2.75, 3.05) is 6.61 Å². The molecule has 2 aromatic carbocycles. The van der Waals surface area contributed by atoms with Crippen LogP contribution in [0.5, 0.6) is 0 Å². The van der Waals surface area contributed by atoms with E-state index in [4.69, 9.17) is 0 Å². The fraction of sp³-hybridized carbons (Fsp3) is 0.278. The van der Waals surface area contributed by atoms with Gasteiger partial charge in [-0.05, 0) is 23.1 Å². The van der Waals surface area contributed by atoms with Gasteiger partial charge in [0.2, 0.25) is 0 Å². The van der Waals surface area contributed by atoms with Crippen molar-refractivity contribution in [3.63, 3.8) is 0 Å². The zero-order valence-electron chi connectivity index (χ0n) is 12.6. The molecule has 0 aromatic heterocycles. The second-order valence-corrected chi connectivity index (χ2v) is 5.26. The van der Waals surface area contributed by atoms with Crippen molar-refractivity contribution < 1.29 is 15.0 Å². The molecule has 0 heterocycles. The van der Waals surface area contributed by atoms with Gasteiger partial charge >= 0.3 is 5.97 Å². The highest BCUT2D eigenvalue weighted by Gasteiger charge is 2.39. The van der Waals surface area contributed by atoms with Gasteiger partial charge in [0, 0.05) is 6.54 Å². The molecule has 3 N–H and O–H groups in total. The second kappa shape index (κ2) is 7.20. The Bertz CT molecular complexity index is 610. The van der Waals surface area contributed by atoms with Crippen LogP contribution in [0.15, 0.2) is 54.6 Å². The summed E-state index contributed by atoms with van der Waals surface area (Å²) in [5, 5.41) is 22.4. The monoisotopic (exact) mass is 299 g/mol. The van der Waals surface area contributed by atoms with Crippen LogP contribution >= 0.6 is 0 Å². The van der Waals surface area contributed by atoms with E-state index in [0.717, 1.165) is 17.5 Å². The van der Waals surface area contributed by atoms with E-state index in [1.807, 2.05) is 49.4 Å². The molecule has 0 amide bonds. The predicted octanol–water partition coefficient (Wildman–Crippen LogP) is 2.31. The van der Waals surface area contributed by atoms with Crippen LogP contribution in [0.25, 0.3) is 0 Å². The van der Waals surface area contributed by atoms with Crippen LogP contribution in [0.4, 0.5) is 0 Å². The molecule has 2 rings (SSSR count).